The van der Waals surface area contributed by atoms with E-state index in [1.54, 1.807) is 0 Å². The Kier molecular flexibility index (Phi) is 5.68. The molecule has 40 heavy (non-hydrogen) atoms. The van der Waals surface area contributed by atoms with Gasteiger partial charge < -0.3 is 18.6 Å². The molecule has 4 heteroatoms. The number of hydrogen-bond donors (Lipinski definition) is 0. The summed E-state index contributed by atoms with van der Waals surface area (Å²) in [5.41, 5.74) is 9.88. The zero-order chi connectivity index (χ0) is 26.5. The first-order valence-electron chi connectivity index (χ1n) is 14.1. The molecule has 8 rings (SSSR count). The lowest BCUT2D eigenvalue weighted by Crippen LogP contribution is -2.06. The van der Waals surface area contributed by atoms with Crippen LogP contribution in [0.15, 0.2) is 109 Å². The number of epoxide rings is 2. The van der Waals surface area contributed by atoms with Crippen molar-refractivity contribution in [2.24, 2.45) is 0 Å². The molecular formula is C36H30N2O2. The summed E-state index contributed by atoms with van der Waals surface area (Å²) < 4.78 is 16.3. The first-order chi connectivity index (χ1) is 19.8. The molecule has 2 aromatic heterocycles. The Morgan fingerprint density at radius 2 is 0.900 bits per heavy atom. The molecule has 196 valence electrons. The highest BCUT2D eigenvalue weighted by molar-refractivity contribution is 6.04. The topological polar surface area (TPSA) is 34.9 Å². The Labute approximate surface area is 233 Å². The van der Waals surface area contributed by atoms with E-state index in [4.69, 9.17) is 9.47 Å². The smallest absolute Gasteiger partial charge is 0.0988 e. The fourth-order valence-electron chi connectivity index (χ4n) is 6.11. The number of benzene rings is 4. The monoisotopic (exact) mass is 522 g/mol. The fraction of sp³-hybridized carbons (Fsp3) is 0.167. The van der Waals surface area contributed by atoms with Crippen LogP contribution >= 0.6 is 0 Å². The minimum Gasteiger partial charge on any atom is -0.371 e. The lowest BCUT2D eigenvalue weighted by atomic mass is 10.0. The summed E-state index contributed by atoms with van der Waals surface area (Å²) in [5, 5.41) is 2.52. The zero-order valence-corrected chi connectivity index (χ0v) is 22.2. The first kappa shape index (κ1) is 23.5. The van der Waals surface area contributed by atoms with Crippen LogP contribution in [-0.4, -0.2) is 34.6 Å². The summed E-state index contributed by atoms with van der Waals surface area (Å²) in [6, 6.07) is 39.0. The highest BCUT2D eigenvalue weighted by atomic mass is 16.6. The summed E-state index contributed by atoms with van der Waals surface area (Å²) in [6.45, 7) is 3.37. The number of rotatable bonds is 8. The number of nitrogens with zero attached hydrogens (tertiary/aromatic N) is 2. The summed E-state index contributed by atoms with van der Waals surface area (Å²) in [6.07, 6.45) is 5.23. The van der Waals surface area contributed by atoms with Gasteiger partial charge in [0.2, 0.25) is 0 Å². The lowest BCUT2D eigenvalue weighted by Gasteiger charge is -2.11. The third kappa shape index (κ3) is 4.17. The highest BCUT2D eigenvalue weighted by Gasteiger charge is 2.28. The molecule has 0 bridgehead atoms. The van der Waals surface area contributed by atoms with Crippen LogP contribution in [0.3, 0.4) is 0 Å². The van der Waals surface area contributed by atoms with Crippen molar-refractivity contribution < 1.29 is 9.47 Å². The Morgan fingerprint density at radius 3 is 1.30 bits per heavy atom. The molecule has 2 aliphatic rings. The van der Waals surface area contributed by atoms with E-state index in [-0.39, 0.29) is 12.2 Å². The van der Waals surface area contributed by atoms with E-state index in [1.165, 1.54) is 55.4 Å². The molecule has 2 unspecified atom stereocenters. The van der Waals surface area contributed by atoms with Gasteiger partial charge in [0.1, 0.15) is 0 Å². The molecule has 2 atom stereocenters. The molecule has 2 fully saturated rings. The maximum atomic E-state index is 5.69. The minimum absolute atomic E-state index is 0.280. The summed E-state index contributed by atoms with van der Waals surface area (Å²) >= 11 is 0. The standard InChI is InChI=1S/C36H30N2O2/c1-3-11-25(12-4-1)35-31(29-15-7-9-17-33(29)37(35)21-27-23-39-27)19-20-32-30-16-8-10-18-34(30)38(22-28-24-40-28)36(32)26-13-5-2-6-14-26/h1-20,27-28H,21-24H2/b20-19+. The molecule has 4 nitrogen and oxygen atoms in total. The number of aromatic nitrogens is 2. The second kappa shape index (κ2) is 9.67. The molecule has 6 aromatic rings. The van der Waals surface area contributed by atoms with E-state index < -0.39 is 0 Å². The number of fused-ring (bicyclic) bond motifs is 2. The van der Waals surface area contributed by atoms with Crippen LogP contribution in [0.25, 0.3) is 56.5 Å². The summed E-state index contributed by atoms with van der Waals surface area (Å²) in [5.74, 6) is 0. The van der Waals surface area contributed by atoms with Gasteiger partial charge in [-0.25, -0.2) is 0 Å². The summed E-state index contributed by atoms with van der Waals surface area (Å²) in [7, 11) is 0. The van der Waals surface area contributed by atoms with Crippen LogP contribution in [0.4, 0.5) is 0 Å². The maximum absolute atomic E-state index is 5.69. The van der Waals surface area contributed by atoms with Crippen molar-refractivity contribution in [1.82, 2.24) is 9.13 Å². The Morgan fingerprint density at radius 1 is 0.525 bits per heavy atom. The van der Waals surface area contributed by atoms with Gasteiger partial charge in [0.25, 0.3) is 0 Å². The van der Waals surface area contributed by atoms with Gasteiger partial charge in [-0.1, -0.05) is 109 Å². The van der Waals surface area contributed by atoms with Crippen LogP contribution in [0.2, 0.25) is 0 Å². The van der Waals surface area contributed by atoms with Gasteiger partial charge in [0.05, 0.1) is 49.9 Å². The minimum atomic E-state index is 0.280. The third-order valence-electron chi connectivity index (χ3n) is 8.11. The second-order valence-electron chi connectivity index (χ2n) is 10.8. The Hall–Kier alpha value is -4.38. The van der Waals surface area contributed by atoms with E-state index in [9.17, 15) is 0 Å². The zero-order valence-electron chi connectivity index (χ0n) is 22.2. The fourth-order valence-corrected chi connectivity index (χ4v) is 6.11. The van der Waals surface area contributed by atoms with Gasteiger partial charge in [-0.3, -0.25) is 0 Å². The molecule has 0 spiro atoms. The van der Waals surface area contributed by atoms with Gasteiger partial charge in [-0.2, -0.15) is 0 Å². The molecule has 2 aliphatic heterocycles. The van der Waals surface area contributed by atoms with Crippen LogP contribution in [0, 0.1) is 0 Å². The molecule has 0 amide bonds. The molecular weight excluding hydrogens is 492 g/mol. The van der Waals surface area contributed by atoms with Gasteiger partial charge in [0.15, 0.2) is 0 Å². The average Bonchev–Trinajstić information content (AvgIpc) is 3.94. The number of para-hydroxylation sites is 2. The van der Waals surface area contributed by atoms with E-state index >= 15 is 0 Å². The highest BCUT2D eigenvalue weighted by Crippen LogP contribution is 2.40. The van der Waals surface area contributed by atoms with Crippen LogP contribution in [-0.2, 0) is 22.6 Å². The molecule has 4 aromatic carbocycles. The van der Waals surface area contributed by atoms with Crippen molar-refractivity contribution in [1.29, 1.82) is 0 Å². The lowest BCUT2D eigenvalue weighted by molar-refractivity contribution is 0.386. The predicted molar refractivity (Wildman–Crippen MR) is 163 cm³/mol. The quantitative estimate of drug-likeness (QED) is 0.191. The van der Waals surface area contributed by atoms with Gasteiger partial charge in [-0.05, 0) is 23.3 Å². The number of hydrogen-bond acceptors (Lipinski definition) is 2. The van der Waals surface area contributed by atoms with E-state index in [0.717, 1.165) is 26.3 Å². The second-order valence-corrected chi connectivity index (χ2v) is 10.8. The van der Waals surface area contributed by atoms with E-state index in [1.807, 2.05) is 0 Å². The van der Waals surface area contributed by atoms with Crippen molar-refractivity contribution in [2.75, 3.05) is 13.2 Å². The SMILES string of the molecule is C(=C\c1c(-c2ccccc2)n(CC2CO2)c2ccccc12)/c1c(-c2ccccc2)n(CC2CO2)c2ccccc12. The predicted octanol–water partition coefficient (Wildman–Crippen LogP) is 7.90. The molecule has 0 N–H and O–H groups in total. The Bertz CT molecular complexity index is 1720. The molecule has 2 saturated heterocycles. The number of ether oxygens (including phenoxy) is 2. The van der Waals surface area contributed by atoms with Gasteiger partial charge in [0, 0.05) is 32.9 Å². The molecule has 0 radical (unpaired) electrons. The van der Waals surface area contributed by atoms with Crippen LogP contribution in [0.1, 0.15) is 11.1 Å². The van der Waals surface area contributed by atoms with Crippen molar-refractivity contribution in [3.8, 4) is 22.5 Å². The van der Waals surface area contributed by atoms with Crippen molar-refractivity contribution >= 4 is 34.0 Å². The average molecular weight is 523 g/mol. The van der Waals surface area contributed by atoms with Gasteiger partial charge >= 0.3 is 0 Å². The van der Waals surface area contributed by atoms with Crippen molar-refractivity contribution in [3.63, 3.8) is 0 Å². The van der Waals surface area contributed by atoms with Crippen molar-refractivity contribution in [3.05, 3.63) is 120 Å². The molecule has 0 saturated carbocycles. The molecule has 4 heterocycles. The first-order valence-corrected chi connectivity index (χ1v) is 14.1. The van der Waals surface area contributed by atoms with Crippen LogP contribution in [0.5, 0.6) is 0 Å². The Balaban J connectivity index is 1.37. The van der Waals surface area contributed by atoms with Crippen LogP contribution < -0.4 is 0 Å². The van der Waals surface area contributed by atoms with Gasteiger partial charge in [-0.15, -0.1) is 0 Å². The van der Waals surface area contributed by atoms with E-state index in [2.05, 4.69) is 130 Å². The van der Waals surface area contributed by atoms with E-state index in [0.29, 0.717) is 0 Å². The normalized spacial score (nSPS) is 18.2. The largest absolute Gasteiger partial charge is 0.371 e. The summed E-state index contributed by atoms with van der Waals surface area (Å²) in [4.78, 5) is 0. The molecule has 0 aliphatic carbocycles. The maximum Gasteiger partial charge on any atom is 0.0988 e. The van der Waals surface area contributed by atoms with Crippen molar-refractivity contribution in [2.45, 2.75) is 25.3 Å². The third-order valence-corrected chi connectivity index (χ3v) is 8.11.